The van der Waals surface area contributed by atoms with E-state index in [2.05, 4.69) is 4.98 Å². The first-order chi connectivity index (χ1) is 11.0. The number of hydrogen-bond acceptors (Lipinski definition) is 4. The first-order valence-electron chi connectivity index (χ1n) is 7.99. The summed E-state index contributed by atoms with van der Waals surface area (Å²) in [5, 5.41) is 1.93. The molecule has 2 aliphatic rings. The van der Waals surface area contributed by atoms with E-state index in [9.17, 15) is 9.59 Å². The van der Waals surface area contributed by atoms with Crippen molar-refractivity contribution in [1.29, 1.82) is 0 Å². The van der Waals surface area contributed by atoms with E-state index in [0.29, 0.717) is 18.8 Å². The maximum atomic E-state index is 13.0. The summed E-state index contributed by atoms with van der Waals surface area (Å²) in [5.74, 6) is 0.191. The zero-order valence-corrected chi connectivity index (χ0v) is 14.2. The highest BCUT2D eigenvalue weighted by Gasteiger charge is 2.49. The van der Waals surface area contributed by atoms with Gasteiger partial charge in [-0.25, -0.2) is 4.98 Å². The van der Waals surface area contributed by atoms with Crippen LogP contribution in [-0.4, -0.2) is 57.7 Å². The number of likely N-dealkylation sites (tertiary alicyclic amines) is 2. The Balaban J connectivity index is 1.62. The van der Waals surface area contributed by atoms with E-state index in [1.165, 1.54) is 11.3 Å². The summed E-state index contributed by atoms with van der Waals surface area (Å²) in [7, 11) is 1.86. The van der Waals surface area contributed by atoms with E-state index >= 15 is 0 Å². The second kappa shape index (κ2) is 5.06. The molecule has 4 heterocycles. The van der Waals surface area contributed by atoms with Crippen LogP contribution in [0, 0.1) is 12.3 Å². The van der Waals surface area contributed by atoms with Crippen molar-refractivity contribution in [2.45, 2.75) is 26.2 Å². The largest absolute Gasteiger partial charge is 0.345 e. The highest BCUT2D eigenvalue weighted by molar-refractivity contribution is 7.15. The van der Waals surface area contributed by atoms with E-state index in [4.69, 9.17) is 0 Å². The first kappa shape index (κ1) is 14.7. The van der Waals surface area contributed by atoms with Gasteiger partial charge in [0.05, 0.1) is 11.1 Å². The number of aromatic nitrogens is 2. The van der Waals surface area contributed by atoms with Gasteiger partial charge in [-0.2, -0.15) is 0 Å². The van der Waals surface area contributed by atoms with Crippen LogP contribution in [0.25, 0.3) is 4.96 Å². The monoisotopic (exact) mass is 332 g/mol. The van der Waals surface area contributed by atoms with Crippen LogP contribution in [-0.2, 0) is 4.79 Å². The number of piperidine rings is 1. The molecule has 0 saturated carbocycles. The lowest BCUT2D eigenvalue weighted by molar-refractivity contribution is -0.143. The molecule has 6 nitrogen and oxygen atoms in total. The van der Waals surface area contributed by atoms with Crippen molar-refractivity contribution >= 4 is 28.1 Å². The molecule has 0 radical (unpaired) electrons. The normalized spacial score (nSPS) is 25.0. The Morgan fingerprint density at radius 2 is 2.17 bits per heavy atom. The molecule has 0 bridgehead atoms. The molecule has 1 atom stereocenters. The summed E-state index contributed by atoms with van der Waals surface area (Å²) in [4.78, 5) is 34.6. The number of thiazole rings is 1. The van der Waals surface area contributed by atoms with Gasteiger partial charge >= 0.3 is 0 Å². The molecule has 7 heteroatoms. The van der Waals surface area contributed by atoms with Gasteiger partial charge in [-0.1, -0.05) is 0 Å². The second-order valence-corrected chi connectivity index (χ2v) is 7.56. The molecule has 0 aromatic carbocycles. The van der Waals surface area contributed by atoms with Crippen LogP contribution in [0.4, 0.5) is 0 Å². The van der Waals surface area contributed by atoms with Gasteiger partial charge in [0.2, 0.25) is 5.91 Å². The standard InChI is InChI=1S/C16H20N4O2S/c1-11-12(20-8-9-23-15(20)17-11)13(21)19-7-5-16(10-19)4-3-6-18(2)14(16)22/h8-9H,3-7,10H2,1-2H3/t16-/m0/s1. The average Bonchev–Trinajstić information content (AvgIpc) is 3.19. The summed E-state index contributed by atoms with van der Waals surface area (Å²) in [5.41, 5.74) is 1.03. The number of imidazole rings is 1. The third-order valence-corrected chi connectivity index (χ3v) is 5.99. The number of carbonyl (C=O) groups excluding carboxylic acids is 2. The van der Waals surface area contributed by atoms with E-state index in [0.717, 1.165) is 36.5 Å². The first-order valence-corrected chi connectivity index (χ1v) is 8.87. The van der Waals surface area contributed by atoms with Gasteiger partial charge in [-0.3, -0.25) is 14.0 Å². The summed E-state index contributed by atoms with van der Waals surface area (Å²) < 4.78 is 1.86. The van der Waals surface area contributed by atoms with Crippen LogP contribution in [0.1, 0.15) is 35.4 Å². The Bertz CT molecular complexity index is 795. The van der Waals surface area contributed by atoms with Gasteiger partial charge in [0.1, 0.15) is 5.69 Å². The summed E-state index contributed by atoms with van der Waals surface area (Å²) in [6.45, 7) is 3.88. The quantitative estimate of drug-likeness (QED) is 0.800. The molecule has 0 unspecified atom stereocenters. The van der Waals surface area contributed by atoms with Crippen molar-refractivity contribution in [3.05, 3.63) is 23.0 Å². The number of fused-ring (bicyclic) bond motifs is 1. The molecule has 4 rings (SSSR count). The third kappa shape index (κ3) is 2.09. The third-order valence-electron chi connectivity index (χ3n) is 5.23. The second-order valence-electron chi connectivity index (χ2n) is 6.69. The topological polar surface area (TPSA) is 57.9 Å². The van der Waals surface area contributed by atoms with E-state index in [1.54, 1.807) is 0 Å². The fourth-order valence-electron chi connectivity index (χ4n) is 3.99. The predicted octanol–water partition coefficient (Wildman–Crippen LogP) is 1.79. The number of amides is 2. The zero-order valence-electron chi connectivity index (χ0n) is 13.4. The Labute approximate surface area is 138 Å². The number of hydrogen-bond donors (Lipinski definition) is 0. The van der Waals surface area contributed by atoms with Crippen molar-refractivity contribution in [3.63, 3.8) is 0 Å². The van der Waals surface area contributed by atoms with Crippen LogP contribution in [0.3, 0.4) is 0 Å². The van der Waals surface area contributed by atoms with Gasteiger partial charge in [0, 0.05) is 38.3 Å². The molecule has 2 amide bonds. The van der Waals surface area contributed by atoms with E-state index in [1.807, 2.05) is 39.7 Å². The maximum absolute atomic E-state index is 13.0. The molecule has 0 N–H and O–H groups in total. The molecular formula is C16H20N4O2S. The number of aryl methyl sites for hydroxylation is 1. The predicted molar refractivity (Wildman–Crippen MR) is 87.6 cm³/mol. The molecule has 122 valence electrons. The number of carbonyl (C=O) groups is 2. The SMILES string of the molecule is Cc1nc2sccn2c1C(=O)N1CC[C@@]2(CCCN(C)C2=O)C1. The molecule has 2 aliphatic heterocycles. The maximum Gasteiger partial charge on any atom is 0.272 e. The highest BCUT2D eigenvalue weighted by atomic mass is 32.1. The smallest absolute Gasteiger partial charge is 0.272 e. The summed E-state index contributed by atoms with van der Waals surface area (Å²) >= 11 is 1.52. The molecular weight excluding hydrogens is 312 g/mol. The Morgan fingerprint density at radius 3 is 3.00 bits per heavy atom. The molecule has 2 fully saturated rings. The van der Waals surface area contributed by atoms with Gasteiger partial charge < -0.3 is 9.80 Å². The van der Waals surface area contributed by atoms with Crippen molar-refractivity contribution in [3.8, 4) is 0 Å². The van der Waals surface area contributed by atoms with Gasteiger partial charge in [-0.05, 0) is 26.2 Å². The van der Waals surface area contributed by atoms with E-state index < -0.39 is 0 Å². The average molecular weight is 332 g/mol. The minimum Gasteiger partial charge on any atom is -0.345 e. The summed E-state index contributed by atoms with van der Waals surface area (Å²) in [6, 6.07) is 0. The van der Waals surface area contributed by atoms with Gasteiger partial charge in [0.15, 0.2) is 4.96 Å². The van der Waals surface area contributed by atoms with Crippen LogP contribution < -0.4 is 0 Å². The minimum absolute atomic E-state index is 0.00805. The number of rotatable bonds is 1. The lowest BCUT2D eigenvalue weighted by atomic mass is 9.78. The molecule has 2 aromatic rings. The number of nitrogens with zero attached hydrogens (tertiary/aromatic N) is 4. The molecule has 0 aliphatic carbocycles. The Hall–Kier alpha value is -1.89. The van der Waals surface area contributed by atoms with Crippen LogP contribution in [0.2, 0.25) is 0 Å². The lowest BCUT2D eigenvalue weighted by Crippen LogP contribution is -2.48. The van der Waals surface area contributed by atoms with Crippen molar-refractivity contribution in [2.75, 3.05) is 26.7 Å². The Morgan fingerprint density at radius 1 is 1.35 bits per heavy atom. The molecule has 2 aromatic heterocycles. The molecule has 23 heavy (non-hydrogen) atoms. The van der Waals surface area contributed by atoms with Gasteiger partial charge in [0.25, 0.3) is 5.91 Å². The van der Waals surface area contributed by atoms with Crippen molar-refractivity contribution < 1.29 is 9.59 Å². The van der Waals surface area contributed by atoms with Crippen LogP contribution in [0.5, 0.6) is 0 Å². The van der Waals surface area contributed by atoms with Crippen LogP contribution in [0.15, 0.2) is 11.6 Å². The van der Waals surface area contributed by atoms with E-state index in [-0.39, 0.29) is 17.2 Å². The Kier molecular flexibility index (Phi) is 3.23. The van der Waals surface area contributed by atoms with Crippen LogP contribution >= 0.6 is 11.3 Å². The lowest BCUT2D eigenvalue weighted by Gasteiger charge is -2.37. The van der Waals surface area contributed by atoms with Gasteiger partial charge in [-0.15, -0.1) is 11.3 Å². The van der Waals surface area contributed by atoms with Crippen molar-refractivity contribution in [2.24, 2.45) is 5.41 Å². The minimum atomic E-state index is -0.366. The molecule has 1 spiro atoms. The fraction of sp³-hybridized carbons (Fsp3) is 0.562. The fourth-order valence-corrected chi connectivity index (χ4v) is 4.75. The van der Waals surface area contributed by atoms with Crippen molar-refractivity contribution in [1.82, 2.24) is 19.2 Å². The molecule has 2 saturated heterocycles. The highest BCUT2D eigenvalue weighted by Crippen LogP contribution is 2.40. The zero-order chi connectivity index (χ0) is 16.2. The summed E-state index contributed by atoms with van der Waals surface area (Å²) in [6.07, 6.45) is 4.56.